The van der Waals surface area contributed by atoms with E-state index >= 15 is 0 Å². The number of nitrogens with two attached hydrogens (primary N) is 1. The predicted molar refractivity (Wildman–Crippen MR) is 42.9 cm³/mol. The Kier molecular flexibility index (Phi) is 5.91. The molecule has 0 radical (unpaired) electrons. The van der Waals surface area contributed by atoms with Gasteiger partial charge < -0.3 is 5.11 Å². The van der Waals surface area contributed by atoms with Crippen LogP contribution in [0, 0.1) is 0 Å². The van der Waals surface area contributed by atoms with Gasteiger partial charge in [0.15, 0.2) is 0 Å². The maximum Gasteiger partial charge on any atom is 0.303 e. The summed E-state index contributed by atoms with van der Waals surface area (Å²) in [5, 5.41) is 8.28. The standard InChI is InChI=1S/C7H12N2O3/c8-9-4-6(5-10)2-1-3-7(11)12/h9H,1-4,8H2,(H,11,12). The first-order chi connectivity index (χ1) is 5.70. The monoisotopic (exact) mass is 172 g/mol. The second-order valence-corrected chi connectivity index (χ2v) is 2.33. The predicted octanol–water partition coefficient (Wildman–Crippen LogP) is -0.537. The summed E-state index contributed by atoms with van der Waals surface area (Å²) >= 11 is 0. The van der Waals surface area contributed by atoms with Crippen molar-refractivity contribution in [1.82, 2.24) is 5.43 Å². The van der Waals surface area contributed by atoms with Crippen molar-refractivity contribution in [2.45, 2.75) is 19.3 Å². The van der Waals surface area contributed by atoms with Crippen molar-refractivity contribution in [3.63, 3.8) is 0 Å². The summed E-state index contributed by atoms with van der Waals surface area (Å²) in [7, 11) is 0. The summed E-state index contributed by atoms with van der Waals surface area (Å²) in [4.78, 5) is 20.2. The van der Waals surface area contributed by atoms with Crippen molar-refractivity contribution in [1.29, 1.82) is 0 Å². The average molecular weight is 172 g/mol. The second-order valence-electron chi connectivity index (χ2n) is 2.33. The molecular formula is C7H12N2O3. The van der Waals surface area contributed by atoms with E-state index in [0.29, 0.717) is 18.4 Å². The lowest BCUT2D eigenvalue weighted by molar-refractivity contribution is -0.137. The molecule has 0 aliphatic carbocycles. The van der Waals surface area contributed by atoms with Crippen LogP contribution in [0.3, 0.4) is 0 Å². The number of nitrogens with one attached hydrogen (secondary N) is 1. The molecule has 0 aromatic rings. The van der Waals surface area contributed by atoms with Crippen LogP contribution in [0.5, 0.6) is 0 Å². The Morgan fingerprint density at radius 1 is 1.50 bits per heavy atom. The molecule has 0 saturated carbocycles. The van der Waals surface area contributed by atoms with Crippen LogP contribution in [0.4, 0.5) is 0 Å². The number of carboxylic acid groups (broad SMARTS) is 1. The molecule has 5 nitrogen and oxygen atoms in total. The number of hydrazine groups is 1. The number of carboxylic acids is 1. The van der Waals surface area contributed by atoms with Crippen LogP contribution < -0.4 is 11.3 Å². The molecule has 0 saturated heterocycles. The molecule has 0 rings (SSSR count). The largest absolute Gasteiger partial charge is 0.481 e. The number of hydrogen-bond acceptors (Lipinski definition) is 4. The van der Waals surface area contributed by atoms with E-state index < -0.39 is 5.97 Å². The van der Waals surface area contributed by atoms with Crippen molar-refractivity contribution in [3.05, 3.63) is 5.57 Å². The van der Waals surface area contributed by atoms with Crippen LogP contribution in [-0.2, 0) is 9.59 Å². The van der Waals surface area contributed by atoms with Gasteiger partial charge in [0.05, 0.1) is 0 Å². The molecular weight excluding hydrogens is 160 g/mol. The van der Waals surface area contributed by atoms with Crippen molar-refractivity contribution in [3.8, 4) is 0 Å². The molecule has 0 aliphatic rings. The van der Waals surface area contributed by atoms with E-state index in [1.807, 2.05) is 0 Å². The van der Waals surface area contributed by atoms with Crippen LogP contribution in [0.25, 0.3) is 0 Å². The summed E-state index contributed by atoms with van der Waals surface area (Å²) in [5.74, 6) is 5.82. The van der Waals surface area contributed by atoms with Crippen molar-refractivity contribution < 1.29 is 14.7 Å². The molecule has 4 N–H and O–H groups in total. The zero-order chi connectivity index (χ0) is 9.40. The Morgan fingerprint density at radius 3 is 2.58 bits per heavy atom. The fraction of sp³-hybridized carbons (Fsp3) is 0.571. The smallest absolute Gasteiger partial charge is 0.303 e. The summed E-state index contributed by atoms with van der Waals surface area (Å²) in [6.07, 6.45) is 0.942. The number of carbonyl (C=O) groups is 1. The van der Waals surface area contributed by atoms with Gasteiger partial charge >= 0.3 is 5.97 Å². The summed E-state index contributed by atoms with van der Waals surface area (Å²) in [6.45, 7) is 0.267. The van der Waals surface area contributed by atoms with Crippen LogP contribution >= 0.6 is 0 Å². The fourth-order valence-electron chi connectivity index (χ4n) is 0.752. The second kappa shape index (κ2) is 6.54. The minimum atomic E-state index is -0.860. The first-order valence-corrected chi connectivity index (χ1v) is 3.58. The minimum absolute atomic E-state index is 0.0652. The zero-order valence-electron chi connectivity index (χ0n) is 6.67. The average Bonchev–Trinajstić information content (AvgIpc) is 2.02. The van der Waals surface area contributed by atoms with E-state index in [0.717, 1.165) is 0 Å². The van der Waals surface area contributed by atoms with E-state index in [4.69, 9.17) is 10.9 Å². The molecule has 0 unspecified atom stereocenters. The quantitative estimate of drug-likeness (QED) is 0.284. The summed E-state index contributed by atoms with van der Waals surface area (Å²) < 4.78 is 0. The highest BCUT2D eigenvalue weighted by molar-refractivity contribution is 5.66. The lowest BCUT2D eigenvalue weighted by atomic mass is 10.1. The van der Waals surface area contributed by atoms with Gasteiger partial charge in [-0.25, -0.2) is 4.79 Å². The molecule has 68 valence electrons. The molecule has 0 aromatic heterocycles. The molecule has 0 heterocycles. The minimum Gasteiger partial charge on any atom is -0.481 e. The topological polar surface area (TPSA) is 92.4 Å². The lowest BCUT2D eigenvalue weighted by Gasteiger charge is -1.99. The first kappa shape index (κ1) is 10.8. The molecule has 0 spiro atoms. The zero-order valence-corrected chi connectivity index (χ0v) is 6.67. The highest BCUT2D eigenvalue weighted by Crippen LogP contribution is 2.02. The molecule has 0 bridgehead atoms. The third-order valence-electron chi connectivity index (χ3n) is 1.33. The van der Waals surface area contributed by atoms with Gasteiger partial charge in [-0.3, -0.25) is 16.1 Å². The first-order valence-electron chi connectivity index (χ1n) is 3.58. The van der Waals surface area contributed by atoms with E-state index in [9.17, 15) is 9.59 Å². The Balaban J connectivity index is 3.60. The van der Waals surface area contributed by atoms with Crippen LogP contribution in [0.2, 0.25) is 0 Å². The maximum atomic E-state index is 10.2. The van der Waals surface area contributed by atoms with Gasteiger partial charge in [0.2, 0.25) is 0 Å². The van der Waals surface area contributed by atoms with Crippen molar-refractivity contribution in [2.24, 2.45) is 5.84 Å². The van der Waals surface area contributed by atoms with E-state index in [1.54, 1.807) is 5.94 Å². The SMILES string of the molecule is NNCC(=C=O)CCCC(=O)O. The number of hydrogen-bond donors (Lipinski definition) is 3. The molecule has 0 aromatic carbocycles. The summed E-state index contributed by atoms with van der Waals surface area (Å²) in [5.41, 5.74) is 2.78. The van der Waals surface area contributed by atoms with Gasteiger partial charge in [-0.15, -0.1) is 0 Å². The van der Waals surface area contributed by atoms with Crippen LogP contribution in [-0.4, -0.2) is 23.6 Å². The van der Waals surface area contributed by atoms with Crippen LogP contribution in [0.1, 0.15) is 19.3 Å². The summed E-state index contributed by atoms with van der Waals surface area (Å²) in [6, 6.07) is 0. The van der Waals surface area contributed by atoms with Crippen molar-refractivity contribution in [2.75, 3.05) is 6.54 Å². The third-order valence-corrected chi connectivity index (χ3v) is 1.33. The van der Waals surface area contributed by atoms with Crippen molar-refractivity contribution >= 4 is 11.9 Å². The molecule has 0 fully saturated rings. The molecule has 0 atom stereocenters. The van der Waals surface area contributed by atoms with Gasteiger partial charge in [0.1, 0.15) is 5.94 Å². The van der Waals surface area contributed by atoms with E-state index in [2.05, 4.69) is 5.43 Å². The highest BCUT2D eigenvalue weighted by atomic mass is 16.4. The van der Waals surface area contributed by atoms with Gasteiger partial charge in [0.25, 0.3) is 0 Å². The van der Waals surface area contributed by atoms with Gasteiger partial charge in [0, 0.05) is 18.5 Å². The van der Waals surface area contributed by atoms with Crippen LogP contribution in [0.15, 0.2) is 5.57 Å². The van der Waals surface area contributed by atoms with Gasteiger partial charge in [-0.1, -0.05) is 0 Å². The Labute approximate surface area is 70.2 Å². The number of aliphatic carboxylic acids is 1. The number of carbonyl (C=O) groups excluding carboxylic acids is 1. The third kappa shape index (κ3) is 5.61. The molecule has 0 amide bonds. The normalized spacial score (nSPS) is 9.08. The molecule has 5 heteroatoms. The Bertz CT molecular complexity index is 197. The fourth-order valence-corrected chi connectivity index (χ4v) is 0.752. The molecule has 12 heavy (non-hydrogen) atoms. The highest BCUT2D eigenvalue weighted by Gasteiger charge is 2.00. The van der Waals surface area contributed by atoms with E-state index in [-0.39, 0.29) is 13.0 Å². The number of rotatable bonds is 6. The van der Waals surface area contributed by atoms with E-state index in [1.165, 1.54) is 0 Å². The lowest BCUT2D eigenvalue weighted by Crippen LogP contribution is -2.24. The Hall–Kier alpha value is -1.16. The van der Waals surface area contributed by atoms with Gasteiger partial charge in [-0.2, -0.15) is 0 Å². The molecule has 0 aliphatic heterocycles. The van der Waals surface area contributed by atoms with Gasteiger partial charge in [-0.05, 0) is 12.8 Å². The Morgan fingerprint density at radius 2 is 2.17 bits per heavy atom. The maximum absolute atomic E-state index is 10.2.